The maximum absolute atomic E-state index is 13.2. The number of thiophene rings is 1. The van der Waals surface area contributed by atoms with Crippen molar-refractivity contribution in [1.82, 2.24) is 0 Å². The zero-order valence-electron chi connectivity index (χ0n) is 11.5. The summed E-state index contributed by atoms with van der Waals surface area (Å²) in [6.07, 6.45) is -0.120. The van der Waals surface area contributed by atoms with Gasteiger partial charge in [-0.15, -0.1) is 11.3 Å². The fourth-order valence-corrected chi connectivity index (χ4v) is 2.78. The van der Waals surface area contributed by atoms with Gasteiger partial charge in [0.25, 0.3) is 0 Å². The maximum atomic E-state index is 13.2. The quantitative estimate of drug-likeness (QED) is 0.480. The van der Waals surface area contributed by atoms with Crippen LogP contribution in [-0.4, -0.2) is 16.6 Å². The first-order chi connectivity index (χ1) is 10.9. The summed E-state index contributed by atoms with van der Waals surface area (Å²) in [5, 5.41) is 13.0. The van der Waals surface area contributed by atoms with Crippen molar-refractivity contribution in [2.45, 2.75) is 12.8 Å². The zero-order valence-corrected chi connectivity index (χ0v) is 13.1. The Balaban J connectivity index is 1.93. The van der Waals surface area contributed by atoms with Crippen LogP contribution in [0.15, 0.2) is 30.3 Å². The first kappa shape index (κ1) is 17.0. The van der Waals surface area contributed by atoms with Gasteiger partial charge < -0.3 is 5.32 Å². The van der Waals surface area contributed by atoms with E-state index in [1.54, 1.807) is 12.1 Å². The number of nitro benzene ring substituents is 1. The van der Waals surface area contributed by atoms with Crippen LogP contribution in [-0.2, 0) is 4.79 Å². The van der Waals surface area contributed by atoms with Gasteiger partial charge in [0.1, 0.15) is 0 Å². The first-order valence-corrected chi connectivity index (χ1v) is 7.58. The Kier molecular flexibility index (Phi) is 5.41. The second-order valence-corrected chi connectivity index (χ2v) is 6.21. The molecule has 0 saturated heterocycles. The van der Waals surface area contributed by atoms with E-state index in [1.165, 1.54) is 6.07 Å². The maximum Gasteiger partial charge on any atom is 0.306 e. The molecule has 0 saturated carbocycles. The van der Waals surface area contributed by atoms with Crippen molar-refractivity contribution in [3.63, 3.8) is 0 Å². The van der Waals surface area contributed by atoms with Gasteiger partial charge in [-0.3, -0.25) is 19.7 Å². The summed E-state index contributed by atoms with van der Waals surface area (Å²) in [6.45, 7) is 0. The monoisotopic (exact) mass is 356 g/mol. The summed E-state index contributed by atoms with van der Waals surface area (Å²) >= 11 is 6.85. The van der Waals surface area contributed by atoms with E-state index in [4.69, 9.17) is 11.6 Å². The molecular formula is C14H10ClFN2O4S. The second kappa shape index (κ2) is 7.30. The zero-order chi connectivity index (χ0) is 17.0. The number of nitrogens with zero attached hydrogens (tertiary/aromatic N) is 1. The lowest BCUT2D eigenvalue weighted by atomic mass is 10.2. The van der Waals surface area contributed by atoms with Crippen molar-refractivity contribution in [2.75, 3.05) is 5.32 Å². The minimum absolute atomic E-state index is 0.0219. The van der Waals surface area contributed by atoms with E-state index in [1.807, 2.05) is 0 Å². The minimum atomic E-state index is -0.988. The number of rotatable bonds is 6. The predicted molar refractivity (Wildman–Crippen MR) is 84.6 cm³/mol. The molecule has 0 atom stereocenters. The van der Waals surface area contributed by atoms with Gasteiger partial charge in [0.15, 0.2) is 5.78 Å². The molecule has 0 bridgehead atoms. The van der Waals surface area contributed by atoms with Crippen LogP contribution in [0.25, 0.3) is 0 Å². The highest BCUT2D eigenvalue weighted by atomic mass is 35.5. The van der Waals surface area contributed by atoms with Gasteiger partial charge in [0, 0.05) is 24.6 Å². The lowest BCUT2D eigenvalue weighted by Crippen LogP contribution is -2.13. The number of nitro groups is 1. The topological polar surface area (TPSA) is 89.3 Å². The Bertz CT molecular complexity index is 778. The van der Waals surface area contributed by atoms with E-state index < -0.39 is 22.3 Å². The van der Waals surface area contributed by atoms with Crippen LogP contribution in [0.4, 0.5) is 15.8 Å². The molecule has 23 heavy (non-hydrogen) atoms. The van der Waals surface area contributed by atoms with Gasteiger partial charge in [-0.1, -0.05) is 11.6 Å². The van der Waals surface area contributed by atoms with E-state index >= 15 is 0 Å². The van der Waals surface area contributed by atoms with Crippen molar-refractivity contribution in [1.29, 1.82) is 0 Å². The highest BCUT2D eigenvalue weighted by Crippen LogP contribution is 2.24. The van der Waals surface area contributed by atoms with Crippen LogP contribution < -0.4 is 5.32 Å². The molecule has 120 valence electrons. The third-order valence-electron chi connectivity index (χ3n) is 2.85. The van der Waals surface area contributed by atoms with Crippen molar-refractivity contribution in [2.24, 2.45) is 0 Å². The third kappa shape index (κ3) is 4.57. The highest BCUT2D eigenvalue weighted by Gasteiger charge is 2.16. The van der Waals surface area contributed by atoms with Gasteiger partial charge in [-0.05, 0) is 24.3 Å². The predicted octanol–water partition coefficient (Wildman–Crippen LogP) is 4.05. The molecule has 0 radical (unpaired) electrons. The molecule has 2 aromatic rings. The number of hydrogen-bond acceptors (Lipinski definition) is 5. The molecule has 2 rings (SSSR count). The number of Topliss-reactive ketones (excluding diaryl/α,β-unsaturated/α-hetero) is 1. The van der Waals surface area contributed by atoms with Crippen molar-refractivity contribution < 1.29 is 18.9 Å². The average molecular weight is 357 g/mol. The van der Waals surface area contributed by atoms with Crippen molar-refractivity contribution in [3.05, 3.63) is 55.5 Å². The van der Waals surface area contributed by atoms with Gasteiger partial charge in [-0.25, -0.2) is 0 Å². The summed E-state index contributed by atoms with van der Waals surface area (Å²) in [5.74, 6) is -1.71. The molecule has 0 fully saturated rings. The Labute approximate surface area is 139 Å². The highest BCUT2D eigenvalue weighted by molar-refractivity contribution is 7.18. The van der Waals surface area contributed by atoms with Crippen LogP contribution in [0, 0.1) is 15.9 Å². The lowest BCUT2D eigenvalue weighted by molar-refractivity contribution is -0.387. The fraction of sp³-hybridized carbons (Fsp3) is 0.143. The summed E-state index contributed by atoms with van der Waals surface area (Å²) in [6, 6.07) is 6.20. The smallest absolute Gasteiger partial charge is 0.306 e. The molecule has 1 aromatic carbocycles. The van der Waals surface area contributed by atoms with Crippen molar-refractivity contribution in [3.8, 4) is 0 Å². The number of halogens is 2. The van der Waals surface area contributed by atoms with Crippen molar-refractivity contribution >= 4 is 46.0 Å². The SMILES string of the molecule is O=C(CCC(=O)c1ccc(Cl)s1)Nc1ccc(F)c([N+](=O)[O-])c1. The Morgan fingerprint density at radius 1 is 1.26 bits per heavy atom. The lowest BCUT2D eigenvalue weighted by Gasteiger charge is -2.05. The van der Waals surface area contributed by atoms with Crippen LogP contribution in [0.5, 0.6) is 0 Å². The van der Waals surface area contributed by atoms with Gasteiger partial charge >= 0.3 is 5.69 Å². The van der Waals surface area contributed by atoms with E-state index in [0.717, 1.165) is 23.5 Å². The van der Waals surface area contributed by atoms with Crippen LogP contribution in [0.1, 0.15) is 22.5 Å². The first-order valence-electron chi connectivity index (χ1n) is 6.39. The molecule has 0 aliphatic heterocycles. The molecule has 1 N–H and O–H groups in total. The second-order valence-electron chi connectivity index (χ2n) is 4.50. The normalized spacial score (nSPS) is 10.3. The number of nitrogens with one attached hydrogen (secondary N) is 1. The summed E-state index contributed by atoms with van der Waals surface area (Å²) in [5.41, 5.74) is -0.637. The average Bonchev–Trinajstić information content (AvgIpc) is 2.93. The Morgan fingerprint density at radius 3 is 2.61 bits per heavy atom. The fourth-order valence-electron chi connectivity index (χ4n) is 1.77. The van der Waals surface area contributed by atoms with E-state index in [2.05, 4.69) is 5.32 Å². The van der Waals surface area contributed by atoms with Crippen LogP contribution in [0.2, 0.25) is 4.34 Å². The molecular weight excluding hydrogens is 347 g/mol. The molecule has 0 aliphatic rings. The van der Waals surface area contributed by atoms with E-state index in [9.17, 15) is 24.1 Å². The number of carbonyl (C=O) groups is 2. The number of ketones is 1. The third-order valence-corrected chi connectivity index (χ3v) is 4.13. The molecule has 0 unspecified atom stereocenters. The Morgan fingerprint density at radius 2 is 2.00 bits per heavy atom. The van der Waals surface area contributed by atoms with Crippen LogP contribution in [0.3, 0.4) is 0 Å². The molecule has 9 heteroatoms. The van der Waals surface area contributed by atoms with E-state index in [-0.39, 0.29) is 24.3 Å². The minimum Gasteiger partial charge on any atom is -0.326 e. The summed E-state index contributed by atoms with van der Waals surface area (Å²) in [4.78, 5) is 33.8. The molecule has 1 amide bonds. The van der Waals surface area contributed by atoms with E-state index in [0.29, 0.717) is 9.21 Å². The van der Waals surface area contributed by atoms with Crippen LogP contribution >= 0.6 is 22.9 Å². The molecule has 0 spiro atoms. The number of hydrogen-bond donors (Lipinski definition) is 1. The summed E-state index contributed by atoms with van der Waals surface area (Å²) in [7, 11) is 0. The van der Waals surface area contributed by atoms with Gasteiger partial charge in [0.2, 0.25) is 11.7 Å². The molecule has 1 heterocycles. The number of benzene rings is 1. The number of amides is 1. The molecule has 1 aromatic heterocycles. The standard InChI is InChI=1S/C14H10ClFN2O4S/c15-13-5-4-12(23-13)11(19)3-6-14(20)17-8-1-2-9(16)10(7-8)18(21)22/h1-2,4-5,7H,3,6H2,(H,17,20). The number of anilines is 1. The van der Waals surface area contributed by atoms with Gasteiger partial charge in [-0.2, -0.15) is 4.39 Å². The number of carbonyl (C=O) groups excluding carboxylic acids is 2. The van der Waals surface area contributed by atoms with Gasteiger partial charge in [0.05, 0.1) is 14.1 Å². The molecule has 0 aliphatic carbocycles. The Hall–Kier alpha value is -2.32. The summed E-state index contributed by atoms with van der Waals surface area (Å²) < 4.78 is 13.7. The largest absolute Gasteiger partial charge is 0.326 e. The molecule has 6 nitrogen and oxygen atoms in total.